The molecule has 0 unspecified atom stereocenters. The van der Waals surface area contributed by atoms with Crippen LogP contribution in [0.5, 0.6) is 0 Å². The molecule has 0 saturated carbocycles. The van der Waals surface area contributed by atoms with Gasteiger partial charge in [-0.05, 0) is 88.5 Å². The van der Waals surface area contributed by atoms with Gasteiger partial charge in [-0.3, -0.25) is 0 Å². The highest BCUT2D eigenvalue weighted by molar-refractivity contribution is 7.26. The average Bonchev–Trinajstić information content (AvgIpc) is 4.10. The van der Waals surface area contributed by atoms with Crippen molar-refractivity contribution in [1.82, 2.24) is 19.5 Å². The van der Waals surface area contributed by atoms with Gasteiger partial charge >= 0.3 is 0 Å². The predicted octanol–water partition coefficient (Wildman–Crippen LogP) is 17.2. The molecule has 0 bridgehead atoms. The van der Waals surface area contributed by atoms with Gasteiger partial charge in [-0.15, -0.1) is 11.3 Å². The Morgan fingerprint density at radius 2 is 0.870 bits per heavy atom. The van der Waals surface area contributed by atoms with Crippen LogP contribution in [0.15, 0.2) is 235 Å². The minimum absolute atomic E-state index is 0.648. The lowest BCUT2D eigenvalue weighted by atomic mass is 9.92. The van der Waals surface area contributed by atoms with Crippen LogP contribution >= 0.6 is 11.3 Å². The van der Waals surface area contributed by atoms with Crippen LogP contribution in [-0.4, -0.2) is 19.5 Å². The number of furan rings is 1. The molecule has 14 rings (SSSR count). The number of thiophene rings is 1. The van der Waals surface area contributed by atoms with Gasteiger partial charge in [0.15, 0.2) is 17.5 Å². The van der Waals surface area contributed by atoms with E-state index in [1.807, 2.05) is 48.5 Å². The van der Waals surface area contributed by atoms with E-state index in [9.17, 15) is 0 Å². The summed E-state index contributed by atoms with van der Waals surface area (Å²) in [6.45, 7) is 0. The number of benzene rings is 10. The van der Waals surface area contributed by atoms with Gasteiger partial charge in [-0.2, -0.15) is 0 Å². The van der Waals surface area contributed by atoms with Crippen LogP contribution in [-0.2, 0) is 0 Å². The summed E-state index contributed by atoms with van der Waals surface area (Å²) in [5.74, 6) is 1.95. The van der Waals surface area contributed by atoms with Crippen molar-refractivity contribution in [2.45, 2.75) is 0 Å². The highest BCUT2D eigenvalue weighted by Gasteiger charge is 2.21. The van der Waals surface area contributed by atoms with E-state index in [1.165, 1.54) is 25.6 Å². The first-order valence-corrected chi connectivity index (χ1v) is 24.0. The second kappa shape index (κ2) is 15.8. The van der Waals surface area contributed by atoms with Gasteiger partial charge in [0.05, 0.1) is 11.0 Å². The molecule has 0 atom stereocenters. The van der Waals surface area contributed by atoms with Gasteiger partial charge < -0.3 is 8.98 Å². The molecule has 4 heterocycles. The van der Waals surface area contributed by atoms with Crippen molar-refractivity contribution in [3.05, 3.63) is 231 Å². The van der Waals surface area contributed by atoms with Crippen LogP contribution in [0.1, 0.15) is 0 Å². The van der Waals surface area contributed by atoms with Crippen LogP contribution in [0.4, 0.5) is 0 Å². The number of para-hydroxylation sites is 3. The number of nitrogens with zero attached hydrogens (tertiary/aromatic N) is 4. The fourth-order valence-electron chi connectivity index (χ4n) is 10.3. The minimum atomic E-state index is 0.648. The number of aromatic nitrogens is 4. The van der Waals surface area contributed by atoms with E-state index in [0.717, 1.165) is 94.1 Å². The van der Waals surface area contributed by atoms with Gasteiger partial charge in [-0.1, -0.05) is 170 Å². The monoisotopic (exact) mass is 898 g/mol. The largest absolute Gasteiger partial charge is 0.455 e. The maximum Gasteiger partial charge on any atom is 0.164 e. The second-order valence-corrected chi connectivity index (χ2v) is 18.6. The van der Waals surface area contributed by atoms with E-state index in [0.29, 0.717) is 17.5 Å². The molecule has 0 fully saturated rings. The summed E-state index contributed by atoms with van der Waals surface area (Å²) in [6.07, 6.45) is 0. The zero-order valence-corrected chi connectivity index (χ0v) is 37.9. The third-order valence-electron chi connectivity index (χ3n) is 13.5. The average molecular weight is 899 g/mol. The minimum Gasteiger partial charge on any atom is -0.455 e. The van der Waals surface area contributed by atoms with Crippen LogP contribution in [0.25, 0.3) is 137 Å². The zero-order valence-electron chi connectivity index (χ0n) is 37.0. The third-order valence-corrected chi connectivity index (χ3v) is 14.6. The van der Waals surface area contributed by atoms with E-state index in [4.69, 9.17) is 19.4 Å². The van der Waals surface area contributed by atoms with Crippen LogP contribution < -0.4 is 0 Å². The van der Waals surface area contributed by atoms with Gasteiger partial charge in [-0.25, -0.2) is 15.0 Å². The first-order valence-electron chi connectivity index (χ1n) is 23.2. The van der Waals surface area contributed by atoms with Crippen molar-refractivity contribution in [2.75, 3.05) is 0 Å². The molecule has 0 aliphatic rings. The summed E-state index contributed by atoms with van der Waals surface area (Å²) >= 11 is 1.80. The molecule has 0 saturated heterocycles. The Kier molecular flexibility index (Phi) is 9.00. The molecule has 0 N–H and O–H groups in total. The molecule has 0 radical (unpaired) electrons. The Morgan fingerprint density at radius 1 is 0.333 bits per heavy atom. The zero-order chi connectivity index (χ0) is 45.4. The summed E-state index contributed by atoms with van der Waals surface area (Å²) < 4.78 is 11.4. The summed E-state index contributed by atoms with van der Waals surface area (Å²) in [5, 5.41) is 6.95. The van der Waals surface area contributed by atoms with Crippen LogP contribution in [0.2, 0.25) is 0 Å². The quantitative estimate of drug-likeness (QED) is 0.160. The molecule has 69 heavy (non-hydrogen) atoms. The molecule has 6 heteroatoms. The fourth-order valence-corrected chi connectivity index (χ4v) is 11.4. The maximum atomic E-state index is 6.57. The molecule has 0 spiro atoms. The lowest BCUT2D eigenvalue weighted by Gasteiger charge is -2.12. The Bertz CT molecular complexity index is 4250. The molecule has 0 aliphatic heterocycles. The van der Waals surface area contributed by atoms with Crippen molar-refractivity contribution >= 4 is 75.3 Å². The van der Waals surface area contributed by atoms with Crippen LogP contribution in [0.3, 0.4) is 0 Å². The molecule has 14 aromatic rings. The molecular weight excluding hydrogens is 861 g/mol. The van der Waals surface area contributed by atoms with E-state index < -0.39 is 0 Å². The Hall–Kier alpha value is -8.97. The third kappa shape index (κ3) is 6.49. The summed E-state index contributed by atoms with van der Waals surface area (Å²) in [6, 6.07) is 81.7. The maximum absolute atomic E-state index is 6.57. The van der Waals surface area contributed by atoms with Crippen molar-refractivity contribution in [3.8, 4) is 73.2 Å². The Balaban J connectivity index is 0.939. The fraction of sp³-hybridized carbons (Fsp3) is 0. The normalized spacial score (nSPS) is 11.8. The number of rotatable bonds is 7. The summed E-state index contributed by atoms with van der Waals surface area (Å²) in [4.78, 5) is 15.3. The number of fused-ring (bicyclic) bond motifs is 9. The smallest absolute Gasteiger partial charge is 0.164 e. The Labute approximate surface area is 400 Å². The van der Waals surface area contributed by atoms with Crippen molar-refractivity contribution in [2.24, 2.45) is 0 Å². The van der Waals surface area contributed by atoms with E-state index in [-0.39, 0.29) is 0 Å². The van der Waals surface area contributed by atoms with Crippen LogP contribution in [0, 0.1) is 0 Å². The number of hydrogen-bond donors (Lipinski definition) is 0. The molecule has 322 valence electrons. The van der Waals surface area contributed by atoms with E-state index in [2.05, 4.69) is 187 Å². The second-order valence-electron chi connectivity index (χ2n) is 17.5. The molecule has 5 nitrogen and oxygen atoms in total. The summed E-state index contributed by atoms with van der Waals surface area (Å²) in [7, 11) is 0. The van der Waals surface area contributed by atoms with Gasteiger partial charge in [0.2, 0.25) is 0 Å². The molecule has 0 aliphatic carbocycles. The lowest BCUT2D eigenvalue weighted by Crippen LogP contribution is -2.00. The van der Waals surface area contributed by atoms with Gasteiger partial charge in [0, 0.05) is 69.7 Å². The van der Waals surface area contributed by atoms with Crippen molar-refractivity contribution in [3.63, 3.8) is 0 Å². The standard InChI is InChI=1S/C63H38N4OS/c1-4-16-39(17-5-1)61-64-62(40-18-6-2-7-19-40)66-63(65-61)50-27-15-29-58-59(50)53-37-42(32-35-57(53)69-58)41-30-33-54-51(36-41)52-38-43(31-34-55(52)67(54)44-20-8-3-9-21-44)45-22-10-11-23-46(45)48-25-14-26-49-47-24-12-13-28-56(47)68-60(48)49/h1-38H. The molecular formula is C63H38N4OS. The van der Waals surface area contributed by atoms with Gasteiger partial charge in [0.1, 0.15) is 11.2 Å². The topological polar surface area (TPSA) is 56.7 Å². The first-order chi connectivity index (χ1) is 34.2. The number of hydrogen-bond acceptors (Lipinski definition) is 5. The lowest BCUT2D eigenvalue weighted by molar-refractivity contribution is 0.670. The molecule has 0 amide bonds. The predicted molar refractivity (Wildman–Crippen MR) is 287 cm³/mol. The highest BCUT2D eigenvalue weighted by Crippen LogP contribution is 2.45. The SMILES string of the molecule is c1ccc(-c2nc(-c3ccccc3)nc(-c3cccc4sc5ccc(-c6ccc7c(c6)c6cc(-c8ccccc8-c8cccc9c8oc8ccccc89)ccc6n7-c6ccccc6)cc5c34)n2)cc1. The van der Waals surface area contributed by atoms with E-state index >= 15 is 0 Å². The highest BCUT2D eigenvalue weighted by atomic mass is 32.1. The molecule has 10 aromatic carbocycles. The van der Waals surface area contributed by atoms with E-state index in [1.54, 1.807) is 11.3 Å². The summed E-state index contributed by atoms with van der Waals surface area (Å²) in [5.41, 5.74) is 14.9. The Morgan fingerprint density at radius 3 is 1.61 bits per heavy atom. The first kappa shape index (κ1) is 39.2. The molecule has 4 aromatic heterocycles. The van der Waals surface area contributed by atoms with Crippen molar-refractivity contribution in [1.29, 1.82) is 0 Å². The van der Waals surface area contributed by atoms with Crippen molar-refractivity contribution < 1.29 is 4.42 Å². The van der Waals surface area contributed by atoms with Gasteiger partial charge in [0.25, 0.3) is 0 Å².